The van der Waals surface area contributed by atoms with Crippen LogP contribution in [0.1, 0.15) is 27.7 Å². The van der Waals surface area contributed by atoms with Crippen molar-refractivity contribution in [3.63, 3.8) is 0 Å². The van der Waals surface area contributed by atoms with Gasteiger partial charge in [-0.05, 0) is 33.2 Å². The topological polar surface area (TPSA) is 61.6 Å². The molecule has 18 heavy (non-hydrogen) atoms. The molecular formula is C13H28N4O. The van der Waals surface area contributed by atoms with Crippen LogP contribution in [-0.2, 0) is 0 Å². The molecule has 1 rings (SSSR count). The molecule has 5 nitrogen and oxygen atoms in total. The zero-order valence-electron chi connectivity index (χ0n) is 12.2. The summed E-state index contributed by atoms with van der Waals surface area (Å²) < 4.78 is 0. The number of carbonyl (C=O) groups excluding carboxylic acids is 1. The molecular weight excluding hydrogens is 228 g/mol. The first-order valence-electron chi connectivity index (χ1n) is 6.81. The number of piperazine rings is 1. The van der Waals surface area contributed by atoms with E-state index in [1.54, 1.807) is 0 Å². The average Bonchev–Trinajstić information content (AvgIpc) is 2.27. The Balaban J connectivity index is 2.33. The largest absolute Gasteiger partial charge is 0.333 e. The smallest absolute Gasteiger partial charge is 0.317 e. The van der Waals surface area contributed by atoms with E-state index in [1.807, 2.05) is 25.7 Å². The summed E-state index contributed by atoms with van der Waals surface area (Å²) in [5, 5.41) is 3.00. The van der Waals surface area contributed by atoms with Gasteiger partial charge in [0.25, 0.3) is 0 Å². The number of nitrogens with two attached hydrogens (primary N) is 1. The maximum Gasteiger partial charge on any atom is 0.317 e. The Labute approximate surface area is 111 Å². The third-order valence-corrected chi connectivity index (χ3v) is 3.11. The molecule has 0 bridgehead atoms. The van der Waals surface area contributed by atoms with Gasteiger partial charge in [-0.3, -0.25) is 4.90 Å². The zero-order chi connectivity index (χ0) is 13.8. The first-order chi connectivity index (χ1) is 8.31. The Kier molecular flexibility index (Phi) is 5.41. The summed E-state index contributed by atoms with van der Waals surface area (Å²) in [6.45, 7) is 13.4. The van der Waals surface area contributed by atoms with Gasteiger partial charge in [0.2, 0.25) is 0 Å². The van der Waals surface area contributed by atoms with Crippen LogP contribution in [-0.4, -0.2) is 60.6 Å². The van der Waals surface area contributed by atoms with E-state index in [2.05, 4.69) is 17.1 Å². The number of carbonyl (C=O) groups is 1. The second kappa shape index (κ2) is 6.38. The minimum Gasteiger partial charge on any atom is -0.333 e. The Morgan fingerprint density at radius 3 is 2.28 bits per heavy atom. The summed E-state index contributed by atoms with van der Waals surface area (Å²) in [6, 6.07) is 0.0500. The van der Waals surface area contributed by atoms with Crippen LogP contribution in [0.4, 0.5) is 4.79 Å². The molecule has 2 amide bonds. The van der Waals surface area contributed by atoms with E-state index in [0.717, 1.165) is 39.3 Å². The van der Waals surface area contributed by atoms with Crippen molar-refractivity contribution >= 4 is 6.03 Å². The van der Waals surface area contributed by atoms with Gasteiger partial charge in [-0.25, -0.2) is 4.79 Å². The van der Waals surface area contributed by atoms with Crippen LogP contribution in [0, 0.1) is 5.92 Å². The van der Waals surface area contributed by atoms with Gasteiger partial charge in [-0.1, -0.05) is 6.92 Å². The first kappa shape index (κ1) is 15.2. The molecule has 0 spiro atoms. The van der Waals surface area contributed by atoms with E-state index in [9.17, 15) is 4.79 Å². The van der Waals surface area contributed by atoms with E-state index in [0.29, 0.717) is 5.92 Å². The normalized spacial score (nSPS) is 19.7. The second-order valence-corrected chi connectivity index (χ2v) is 6.31. The lowest BCUT2D eigenvalue weighted by atomic mass is 10.1. The van der Waals surface area contributed by atoms with Gasteiger partial charge in [0.1, 0.15) is 0 Å². The average molecular weight is 256 g/mol. The van der Waals surface area contributed by atoms with Crippen LogP contribution in [0.3, 0.4) is 0 Å². The highest BCUT2D eigenvalue weighted by atomic mass is 16.2. The number of rotatable bonds is 3. The van der Waals surface area contributed by atoms with Crippen molar-refractivity contribution < 1.29 is 4.79 Å². The van der Waals surface area contributed by atoms with Crippen LogP contribution in [0.25, 0.3) is 0 Å². The predicted molar refractivity (Wildman–Crippen MR) is 74.5 cm³/mol. The molecule has 1 heterocycles. The van der Waals surface area contributed by atoms with Gasteiger partial charge in [0.05, 0.1) is 0 Å². The predicted octanol–water partition coefficient (Wildman–Crippen LogP) is 0.707. The molecule has 0 aromatic rings. The van der Waals surface area contributed by atoms with Crippen molar-refractivity contribution in [2.75, 3.05) is 39.3 Å². The summed E-state index contributed by atoms with van der Waals surface area (Å²) >= 11 is 0. The number of nitrogens with zero attached hydrogens (tertiary/aromatic N) is 2. The molecule has 0 aliphatic carbocycles. The molecule has 1 aliphatic rings. The SMILES string of the molecule is CC(CN)CN1CCN(C(=O)NC(C)(C)C)CC1. The molecule has 106 valence electrons. The molecule has 1 unspecified atom stereocenters. The van der Waals surface area contributed by atoms with E-state index in [4.69, 9.17) is 5.73 Å². The molecule has 0 saturated carbocycles. The van der Waals surface area contributed by atoms with Gasteiger partial charge in [-0.15, -0.1) is 0 Å². The quantitative estimate of drug-likeness (QED) is 0.781. The monoisotopic (exact) mass is 256 g/mol. The maximum absolute atomic E-state index is 12.0. The van der Waals surface area contributed by atoms with Crippen LogP contribution in [0.5, 0.6) is 0 Å². The fourth-order valence-corrected chi connectivity index (χ4v) is 2.05. The summed E-state index contributed by atoms with van der Waals surface area (Å²) in [7, 11) is 0. The van der Waals surface area contributed by atoms with Gasteiger partial charge in [0, 0.05) is 38.3 Å². The Bertz CT molecular complexity index is 267. The molecule has 1 fully saturated rings. The molecule has 3 N–H and O–H groups in total. The fourth-order valence-electron chi connectivity index (χ4n) is 2.05. The van der Waals surface area contributed by atoms with E-state index in [-0.39, 0.29) is 11.6 Å². The molecule has 1 saturated heterocycles. The standard InChI is InChI=1S/C13H28N4O/c1-11(9-14)10-16-5-7-17(8-6-16)12(18)15-13(2,3)4/h11H,5-10,14H2,1-4H3,(H,15,18). The molecule has 1 aliphatic heterocycles. The fraction of sp³-hybridized carbons (Fsp3) is 0.923. The van der Waals surface area contributed by atoms with Crippen molar-refractivity contribution in [1.82, 2.24) is 15.1 Å². The summed E-state index contributed by atoms with van der Waals surface area (Å²) in [6.07, 6.45) is 0. The Morgan fingerprint density at radius 1 is 1.28 bits per heavy atom. The van der Waals surface area contributed by atoms with E-state index in [1.165, 1.54) is 0 Å². The summed E-state index contributed by atoms with van der Waals surface area (Å²) in [4.78, 5) is 16.3. The molecule has 0 aromatic heterocycles. The Hall–Kier alpha value is -0.810. The molecule has 0 aromatic carbocycles. The third kappa shape index (κ3) is 5.23. The molecule has 5 heteroatoms. The van der Waals surface area contributed by atoms with Crippen molar-refractivity contribution in [3.8, 4) is 0 Å². The second-order valence-electron chi connectivity index (χ2n) is 6.31. The van der Waals surface area contributed by atoms with Crippen molar-refractivity contribution in [1.29, 1.82) is 0 Å². The number of amides is 2. The number of hydrogen-bond acceptors (Lipinski definition) is 3. The minimum absolute atomic E-state index is 0.0500. The molecule has 0 radical (unpaired) electrons. The van der Waals surface area contributed by atoms with Crippen molar-refractivity contribution in [2.45, 2.75) is 33.2 Å². The zero-order valence-corrected chi connectivity index (χ0v) is 12.2. The number of hydrogen-bond donors (Lipinski definition) is 2. The van der Waals surface area contributed by atoms with Crippen LogP contribution in [0.2, 0.25) is 0 Å². The number of nitrogens with one attached hydrogen (secondary N) is 1. The van der Waals surface area contributed by atoms with E-state index >= 15 is 0 Å². The highest BCUT2D eigenvalue weighted by Crippen LogP contribution is 2.07. The van der Waals surface area contributed by atoms with Crippen LogP contribution in [0.15, 0.2) is 0 Å². The first-order valence-corrected chi connectivity index (χ1v) is 6.81. The highest BCUT2D eigenvalue weighted by molar-refractivity contribution is 5.75. The van der Waals surface area contributed by atoms with Gasteiger partial charge < -0.3 is 16.0 Å². The summed E-state index contributed by atoms with van der Waals surface area (Å²) in [5.74, 6) is 0.528. The highest BCUT2D eigenvalue weighted by Gasteiger charge is 2.24. The summed E-state index contributed by atoms with van der Waals surface area (Å²) in [5.41, 5.74) is 5.47. The van der Waals surface area contributed by atoms with Gasteiger partial charge in [-0.2, -0.15) is 0 Å². The number of urea groups is 1. The van der Waals surface area contributed by atoms with Crippen molar-refractivity contribution in [3.05, 3.63) is 0 Å². The molecule has 1 atom stereocenters. The van der Waals surface area contributed by atoms with Crippen molar-refractivity contribution in [2.24, 2.45) is 11.7 Å². The maximum atomic E-state index is 12.0. The van der Waals surface area contributed by atoms with Gasteiger partial charge in [0.15, 0.2) is 0 Å². The van der Waals surface area contributed by atoms with Crippen LogP contribution >= 0.6 is 0 Å². The van der Waals surface area contributed by atoms with Gasteiger partial charge >= 0.3 is 6.03 Å². The Morgan fingerprint density at radius 2 is 1.83 bits per heavy atom. The third-order valence-electron chi connectivity index (χ3n) is 3.11. The minimum atomic E-state index is -0.164. The lowest BCUT2D eigenvalue weighted by Gasteiger charge is -2.37. The lowest BCUT2D eigenvalue weighted by Crippen LogP contribution is -2.55. The van der Waals surface area contributed by atoms with Crippen LogP contribution < -0.4 is 11.1 Å². The lowest BCUT2D eigenvalue weighted by molar-refractivity contribution is 0.126. The van der Waals surface area contributed by atoms with E-state index < -0.39 is 0 Å².